The lowest BCUT2D eigenvalue weighted by molar-refractivity contribution is 0.326. The van der Waals surface area contributed by atoms with Crippen molar-refractivity contribution in [1.29, 1.82) is 0 Å². The van der Waals surface area contributed by atoms with Crippen molar-refractivity contribution in [3.05, 3.63) is 58.3 Å². The zero-order valence-corrected chi connectivity index (χ0v) is 12.0. The summed E-state index contributed by atoms with van der Waals surface area (Å²) in [5, 5.41) is 8.18. The molecule has 1 fully saturated rings. The summed E-state index contributed by atoms with van der Waals surface area (Å²) in [6.45, 7) is 1.01. The molecule has 1 aliphatic rings. The van der Waals surface area contributed by atoms with Gasteiger partial charge in [0.05, 0.1) is 0 Å². The van der Waals surface area contributed by atoms with Crippen LogP contribution in [-0.4, -0.2) is 6.04 Å². The molecule has 1 nitrogen and oxygen atoms in total. The zero-order valence-electron chi connectivity index (χ0n) is 11.2. The highest BCUT2D eigenvalue weighted by molar-refractivity contribution is 7.07. The Morgan fingerprint density at radius 1 is 1.05 bits per heavy atom. The lowest BCUT2D eigenvalue weighted by Gasteiger charge is -2.32. The molecule has 3 rings (SSSR count). The Bertz CT molecular complexity index is 477. The molecule has 1 saturated carbocycles. The van der Waals surface area contributed by atoms with Crippen LogP contribution < -0.4 is 5.32 Å². The van der Waals surface area contributed by atoms with Gasteiger partial charge >= 0.3 is 0 Å². The molecule has 1 aliphatic carbocycles. The lowest BCUT2D eigenvalue weighted by Crippen LogP contribution is -2.36. The van der Waals surface area contributed by atoms with Gasteiger partial charge in [-0.05, 0) is 46.7 Å². The summed E-state index contributed by atoms with van der Waals surface area (Å²) < 4.78 is 0. The monoisotopic (exact) mass is 271 g/mol. The molecule has 19 heavy (non-hydrogen) atoms. The normalized spacial score (nSPS) is 23.4. The second-order valence-electron chi connectivity index (χ2n) is 5.42. The van der Waals surface area contributed by atoms with E-state index in [0.717, 1.165) is 6.54 Å². The summed E-state index contributed by atoms with van der Waals surface area (Å²) in [5.74, 6) is 0.689. The Labute approximate surface area is 119 Å². The Morgan fingerprint density at radius 2 is 1.89 bits per heavy atom. The van der Waals surface area contributed by atoms with Crippen LogP contribution in [0.4, 0.5) is 0 Å². The van der Waals surface area contributed by atoms with E-state index < -0.39 is 0 Å². The molecule has 0 aliphatic heterocycles. The van der Waals surface area contributed by atoms with Crippen LogP contribution in [0.3, 0.4) is 0 Å². The van der Waals surface area contributed by atoms with E-state index in [1.807, 2.05) is 0 Å². The second kappa shape index (κ2) is 6.36. The van der Waals surface area contributed by atoms with Crippen LogP contribution in [0, 0.1) is 0 Å². The topological polar surface area (TPSA) is 12.0 Å². The van der Waals surface area contributed by atoms with Gasteiger partial charge in [0.15, 0.2) is 0 Å². The third kappa shape index (κ3) is 3.26. The average molecular weight is 271 g/mol. The predicted molar refractivity (Wildman–Crippen MR) is 82.6 cm³/mol. The van der Waals surface area contributed by atoms with Crippen molar-refractivity contribution in [2.45, 2.75) is 44.2 Å². The highest BCUT2D eigenvalue weighted by atomic mass is 32.1. The smallest absolute Gasteiger partial charge is 0.0216 e. The highest BCUT2D eigenvalue weighted by Crippen LogP contribution is 2.33. The van der Waals surface area contributed by atoms with E-state index in [2.05, 4.69) is 52.5 Å². The molecule has 0 spiro atoms. The maximum absolute atomic E-state index is 3.78. The molecule has 1 N–H and O–H groups in total. The second-order valence-corrected chi connectivity index (χ2v) is 6.20. The molecule has 1 heterocycles. The first kappa shape index (κ1) is 12.9. The van der Waals surface area contributed by atoms with Gasteiger partial charge in [0.25, 0.3) is 0 Å². The van der Waals surface area contributed by atoms with Crippen LogP contribution in [0.2, 0.25) is 0 Å². The molecule has 2 unspecified atom stereocenters. The molecular formula is C17H21NS. The van der Waals surface area contributed by atoms with Gasteiger partial charge in [0.1, 0.15) is 0 Å². The number of nitrogens with one attached hydrogen (secondary N) is 1. The van der Waals surface area contributed by atoms with Gasteiger partial charge in [-0.15, -0.1) is 0 Å². The first-order chi connectivity index (χ1) is 9.43. The number of thiophene rings is 1. The Balaban J connectivity index is 1.67. The van der Waals surface area contributed by atoms with Gasteiger partial charge in [-0.1, -0.05) is 43.2 Å². The zero-order chi connectivity index (χ0) is 12.9. The van der Waals surface area contributed by atoms with Gasteiger partial charge in [-0.2, -0.15) is 11.3 Å². The molecular weight excluding hydrogens is 250 g/mol. The highest BCUT2D eigenvalue weighted by Gasteiger charge is 2.25. The number of benzene rings is 1. The number of hydrogen-bond donors (Lipinski definition) is 1. The predicted octanol–water partition coefficient (Wildman–Crippen LogP) is 4.56. The fraction of sp³-hybridized carbons (Fsp3) is 0.412. The van der Waals surface area contributed by atoms with Gasteiger partial charge in [0, 0.05) is 12.6 Å². The van der Waals surface area contributed by atoms with Crippen LogP contribution in [0.15, 0.2) is 47.2 Å². The van der Waals surface area contributed by atoms with Crippen molar-refractivity contribution in [1.82, 2.24) is 5.32 Å². The van der Waals surface area contributed by atoms with Gasteiger partial charge in [-0.25, -0.2) is 0 Å². The molecule has 2 atom stereocenters. The van der Waals surface area contributed by atoms with E-state index in [4.69, 9.17) is 0 Å². The fourth-order valence-corrected chi connectivity index (χ4v) is 3.79. The molecule has 0 radical (unpaired) electrons. The van der Waals surface area contributed by atoms with Crippen LogP contribution in [0.5, 0.6) is 0 Å². The molecule has 2 heteroatoms. The lowest BCUT2D eigenvalue weighted by atomic mass is 9.80. The van der Waals surface area contributed by atoms with E-state index in [9.17, 15) is 0 Å². The first-order valence-electron chi connectivity index (χ1n) is 7.23. The van der Waals surface area contributed by atoms with E-state index in [1.54, 1.807) is 11.3 Å². The Kier molecular flexibility index (Phi) is 4.31. The van der Waals surface area contributed by atoms with Crippen LogP contribution >= 0.6 is 11.3 Å². The summed E-state index contributed by atoms with van der Waals surface area (Å²) in [7, 11) is 0. The van der Waals surface area contributed by atoms with E-state index in [0.29, 0.717) is 12.0 Å². The minimum absolute atomic E-state index is 0.635. The number of hydrogen-bond acceptors (Lipinski definition) is 2. The van der Waals surface area contributed by atoms with Crippen molar-refractivity contribution < 1.29 is 0 Å². The van der Waals surface area contributed by atoms with Crippen LogP contribution in [0.1, 0.15) is 42.7 Å². The molecule has 100 valence electrons. The van der Waals surface area contributed by atoms with Crippen molar-refractivity contribution in [2.24, 2.45) is 0 Å². The third-order valence-corrected chi connectivity index (χ3v) is 4.87. The standard InChI is InChI=1S/C17H21NS/c1-2-6-15(7-3-1)16-8-4-5-9-17(16)18-12-14-10-11-19-13-14/h1-3,6-7,10-11,13,16-18H,4-5,8-9,12H2. The summed E-state index contributed by atoms with van der Waals surface area (Å²) in [5.41, 5.74) is 2.92. The van der Waals surface area contributed by atoms with Crippen LogP contribution in [0.25, 0.3) is 0 Å². The fourth-order valence-electron chi connectivity index (χ4n) is 3.12. The minimum atomic E-state index is 0.635. The summed E-state index contributed by atoms with van der Waals surface area (Å²) in [6, 6.07) is 13.9. The minimum Gasteiger partial charge on any atom is -0.309 e. The summed E-state index contributed by atoms with van der Waals surface area (Å²) in [4.78, 5) is 0. The molecule has 1 aromatic heterocycles. The van der Waals surface area contributed by atoms with Gasteiger partial charge < -0.3 is 5.32 Å². The van der Waals surface area contributed by atoms with Gasteiger partial charge in [0.2, 0.25) is 0 Å². The SMILES string of the molecule is c1ccc(C2CCCCC2NCc2ccsc2)cc1. The van der Waals surface area contributed by atoms with Crippen molar-refractivity contribution in [3.8, 4) is 0 Å². The Morgan fingerprint density at radius 3 is 2.68 bits per heavy atom. The van der Waals surface area contributed by atoms with E-state index >= 15 is 0 Å². The largest absolute Gasteiger partial charge is 0.309 e. The molecule has 2 aromatic rings. The third-order valence-electron chi connectivity index (χ3n) is 4.14. The van der Waals surface area contributed by atoms with Crippen molar-refractivity contribution in [2.75, 3.05) is 0 Å². The van der Waals surface area contributed by atoms with E-state index in [-0.39, 0.29) is 0 Å². The summed E-state index contributed by atoms with van der Waals surface area (Å²) >= 11 is 1.78. The van der Waals surface area contributed by atoms with Gasteiger partial charge in [-0.3, -0.25) is 0 Å². The molecule has 0 bridgehead atoms. The first-order valence-corrected chi connectivity index (χ1v) is 8.17. The molecule has 0 saturated heterocycles. The summed E-state index contributed by atoms with van der Waals surface area (Å²) in [6.07, 6.45) is 5.37. The maximum Gasteiger partial charge on any atom is 0.0216 e. The average Bonchev–Trinajstić information content (AvgIpc) is 3.00. The molecule has 1 aromatic carbocycles. The molecule has 0 amide bonds. The quantitative estimate of drug-likeness (QED) is 0.859. The van der Waals surface area contributed by atoms with Crippen molar-refractivity contribution >= 4 is 11.3 Å². The van der Waals surface area contributed by atoms with Crippen molar-refractivity contribution in [3.63, 3.8) is 0 Å². The number of rotatable bonds is 4. The maximum atomic E-state index is 3.78. The van der Waals surface area contributed by atoms with E-state index in [1.165, 1.54) is 36.8 Å². The van der Waals surface area contributed by atoms with Crippen LogP contribution in [-0.2, 0) is 6.54 Å². The Hall–Kier alpha value is -1.12.